The summed E-state index contributed by atoms with van der Waals surface area (Å²) < 4.78 is 0. The fourth-order valence-corrected chi connectivity index (χ4v) is 2.34. The quantitative estimate of drug-likeness (QED) is 0.590. The van der Waals surface area contributed by atoms with Crippen LogP contribution in [0.15, 0.2) is 0 Å². The van der Waals surface area contributed by atoms with Gasteiger partial charge in [0.25, 0.3) is 0 Å². The van der Waals surface area contributed by atoms with Crippen LogP contribution in [-0.2, 0) is 0 Å². The van der Waals surface area contributed by atoms with Crippen LogP contribution in [0.5, 0.6) is 0 Å². The van der Waals surface area contributed by atoms with Crippen LogP contribution in [-0.4, -0.2) is 50.8 Å². The third kappa shape index (κ3) is 5.86. The van der Waals surface area contributed by atoms with Crippen molar-refractivity contribution in [1.29, 1.82) is 0 Å². The van der Waals surface area contributed by atoms with E-state index in [4.69, 9.17) is 0 Å². The standard InChI is InChI=1S/C10H23N3S/c1-14-10-2-4-11-6-8-13-9-7-12-5-3-10/h10-13H,2-9H2,1H3. The first-order chi connectivity index (χ1) is 6.93. The molecule has 3 N–H and O–H groups in total. The maximum Gasteiger partial charge on any atom is 0.00772 e. The Morgan fingerprint density at radius 3 is 1.64 bits per heavy atom. The molecule has 1 heterocycles. The van der Waals surface area contributed by atoms with Gasteiger partial charge in [0, 0.05) is 31.4 Å². The minimum Gasteiger partial charge on any atom is -0.315 e. The van der Waals surface area contributed by atoms with Gasteiger partial charge in [-0.25, -0.2) is 0 Å². The van der Waals surface area contributed by atoms with Gasteiger partial charge < -0.3 is 16.0 Å². The molecule has 1 rings (SSSR count). The molecule has 0 amide bonds. The lowest BCUT2D eigenvalue weighted by Gasteiger charge is -2.16. The summed E-state index contributed by atoms with van der Waals surface area (Å²) in [5, 5.41) is 11.2. The van der Waals surface area contributed by atoms with E-state index in [9.17, 15) is 0 Å². The molecule has 0 aromatic rings. The molecule has 84 valence electrons. The van der Waals surface area contributed by atoms with E-state index in [0.717, 1.165) is 44.5 Å². The highest BCUT2D eigenvalue weighted by Crippen LogP contribution is 2.13. The van der Waals surface area contributed by atoms with E-state index < -0.39 is 0 Å². The average Bonchev–Trinajstić information content (AvgIpc) is 2.19. The summed E-state index contributed by atoms with van der Waals surface area (Å²) in [6.45, 7) is 6.69. The van der Waals surface area contributed by atoms with Crippen molar-refractivity contribution in [1.82, 2.24) is 16.0 Å². The minimum atomic E-state index is 0.822. The van der Waals surface area contributed by atoms with Gasteiger partial charge in [-0.1, -0.05) is 0 Å². The fraction of sp³-hybridized carbons (Fsp3) is 1.00. The van der Waals surface area contributed by atoms with E-state index in [1.54, 1.807) is 0 Å². The van der Waals surface area contributed by atoms with Crippen LogP contribution in [0.3, 0.4) is 0 Å². The molecular formula is C10H23N3S. The van der Waals surface area contributed by atoms with Crippen molar-refractivity contribution >= 4 is 11.8 Å². The van der Waals surface area contributed by atoms with E-state index in [1.165, 1.54) is 12.8 Å². The zero-order chi connectivity index (χ0) is 10.1. The van der Waals surface area contributed by atoms with Gasteiger partial charge in [0.05, 0.1) is 0 Å². The molecule has 3 nitrogen and oxygen atoms in total. The van der Waals surface area contributed by atoms with Crippen molar-refractivity contribution in [3.63, 3.8) is 0 Å². The number of rotatable bonds is 1. The first-order valence-electron chi connectivity index (χ1n) is 5.58. The average molecular weight is 217 g/mol. The largest absolute Gasteiger partial charge is 0.315 e. The first-order valence-corrected chi connectivity index (χ1v) is 6.87. The molecule has 0 aromatic heterocycles. The molecule has 1 aliphatic rings. The van der Waals surface area contributed by atoms with Crippen molar-refractivity contribution < 1.29 is 0 Å². The lowest BCUT2D eigenvalue weighted by molar-refractivity contribution is 0.533. The Morgan fingerprint density at radius 2 is 1.21 bits per heavy atom. The summed E-state index contributed by atoms with van der Waals surface area (Å²) in [4.78, 5) is 0. The SMILES string of the molecule is CSC1CCNCCNCCNCC1. The topological polar surface area (TPSA) is 36.1 Å². The van der Waals surface area contributed by atoms with Crippen LogP contribution in [0, 0.1) is 0 Å². The highest BCUT2D eigenvalue weighted by atomic mass is 32.2. The summed E-state index contributed by atoms with van der Waals surface area (Å²) in [7, 11) is 0. The van der Waals surface area contributed by atoms with Gasteiger partial charge in [-0.05, 0) is 32.2 Å². The fourth-order valence-electron chi connectivity index (χ4n) is 1.63. The predicted octanol–water partition coefficient (Wildman–Crippen LogP) is 0.281. The zero-order valence-electron chi connectivity index (χ0n) is 9.14. The zero-order valence-corrected chi connectivity index (χ0v) is 9.96. The van der Waals surface area contributed by atoms with Gasteiger partial charge >= 0.3 is 0 Å². The molecule has 0 unspecified atom stereocenters. The summed E-state index contributed by atoms with van der Waals surface area (Å²) >= 11 is 2.00. The Kier molecular flexibility index (Phi) is 7.50. The second-order valence-electron chi connectivity index (χ2n) is 3.69. The highest BCUT2D eigenvalue weighted by Gasteiger charge is 2.06. The van der Waals surface area contributed by atoms with Crippen molar-refractivity contribution in [2.24, 2.45) is 0 Å². The Balaban J connectivity index is 2.17. The monoisotopic (exact) mass is 217 g/mol. The van der Waals surface area contributed by atoms with E-state index >= 15 is 0 Å². The molecule has 0 atom stereocenters. The number of hydrogen-bond acceptors (Lipinski definition) is 4. The van der Waals surface area contributed by atoms with E-state index in [0.29, 0.717) is 0 Å². The van der Waals surface area contributed by atoms with Crippen molar-refractivity contribution in [2.45, 2.75) is 18.1 Å². The van der Waals surface area contributed by atoms with Gasteiger partial charge in [0.1, 0.15) is 0 Å². The molecule has 1 aliphatic heterocycles. The summed E-state index contributed by atoms with van der Waals surface area (Å²) in [5.41, 5.74) is 0. The third-order valence-electron chi connectivity index (χ3n) is 2.58. The smallest absolute Gasteiger partial charge is 0.00772 e. The number of nitrogens with one attached hydrogen (secondary N) is 3. The van der Waals surface area contributed by atoms with Gasteiger partial charge in [0.2, 0.25) is 0 Å². The Hall–Kier alpha value is 0.230. The second-order valence-corrected chi connectivity index (χ2v) is 4.82. The summed E-state index contributed by atoms with van der Waals surface area (Å²) in [6, 6.07) is 0. The Labute approximate surface area is 91.8 Å². The molecule has 0 saturated carbocycles. The van der Waals surface area contributed by atoms with Crippen LogP contribution >= 0.6 is 11.8 Å². The lowest BCUT2D eigenvalue weighted by atomic mass is 10.2. The second kappa shape index (κ2) is 8.53. The molecule has 4 heteroatoms. The van der Waals surface area contributed by atoms with Crippen LogP contribution in [0.1, 0.15) is 12.8 Å². The molecule has 1 fully saturated rings. The van der Waals surface area contributed by atoms with Crippen LogP contribution < -0.4 is 16.0 Å². The molecule has 0 spiro atoms. The maximum absolute atomic E-state index is 3.47. The summed E-state index contributed by atoms with van der Waals surface area (Å²) in [6.07, 6.45) is 4.81. The predicted molar refractivity (Wildman–Crippen MR) is 65.1 cm³/mol. The van der Waals surface area contributed by atoms with Gasteiger partial charge in [-0.15, -0.1) is 0 Å². The molecule has 0 radical (unpaired) electrons. The third-order valence-corrected chi connectivity index (χ3v) is 3.71. The van der Waals surface area contributed by atoms with Crippen LogP contribution in [0.2, 0.25) is 0 Å². The maximum atomic E-state index is 3.47. The van der Waals surface area contributed by atoms with E-state index in [1.807, 2.05) is 11.8 Å². The molecule has 1 saturated heterocycles. The van der Waals surface area contributed by atoms with E-state index in [-0.39, 0.29) is 0 Å². The highest BCUT2D eigenvalue weighted by molar-refractivity contribution is 7.99. The first kappa shape index (κ1) is 12.3. The normalized spacial score (nSPS) is 23.8. The number of hydrogen-bond donors (Lipinski definition) is 3. The molecule has 14 heavy (non-hydrogen) atoms. The van der Waals surface area contributed by atoms with Crippen LogP contribution in [0.25, 0.3) is 0 Å². The minimum absolute atomic E-state index is 0.822. The van der Waals surface area contributed by atoms with Gasteiger partial charge in [-0.3, -0.25) is 0 Å². The van der Waals surface area contributed by atoms with E-state index in [2.05, 4.69) is 22.2 Å². The van der Waals surface area contributed by atoms with Crippen molar-refractivity contribution in [3.8, 4) is 0 Å². The molecule has 0 bridgehead atoms. The van der Waals surface area contributed by atoms with Crippen LogP contribution in [0.4, 0.5) is 0 Å². The van der Waals surface area contributed by atoms with Crippen molar-refractivity contribution in [2.75, 3.05) is 45.5 Å². The number of thioether (sulfide) groups is 1. The van der Waals surface area contributed by atoms with Crippen molar-refractivity contribution in [3.05, 3.63) is 0 Å². The molecular weight excluding hydrogens is 194 g/mol. The molecule has 0 aliphatic carbocycles. The van der Waals surface area contributed by atoms with Gasteiger partial charge in [0.15, 0.2) is 0 Å². The lowest BCUT2D eigenvalue weighted by Crippen LogP contribution is -2.35. The Morgan fingerprint density at radius 1 is 0.786 bits per heavy atom. The summed E-state index contributed by atoms with van der Waals surface area (Å²) in [5.74, 6) is 0. The molecule has 0 aromatic carbocycles. The Bertz CT molecular complexity index is 121. The van der Waals surface area contributed by atoms with Gasteiger partial charge in [-0.2, -0.15) is 11.8 Å².